The summed E-state index contributed by atoms with van der Waals surface area (Å²) in [6, 6.07) is 4.00. The van der Waals surface area contributed by atoms with Gasteiger partial charge in [-0.05, 0) is 24.1 Å². The van der Waals surface area contributed by atoms with Crippen LogP contribution in [0, 0.1) is 0 Å². The summed E-state index contributed by atoms with van der Waals surface area (Å²) in [4.78, 5) is 23.7. The zero-order valence-corrected chi connectivity index (χ0v) is 17.4. The van der Waals surface area contributed by atoms with Crippen molar-refractivity contribution in [2.75, 3.05) is 32.3 Å². The average Bonchev–Trinajstić information content (AvgIpc) is 2.61. The van der Waals surface area contributed by atoms with Gasteiger partial charge in [0.05, 0.1) is 29.1 Å². The maximum absolute atomic E-state index is 12.3. The number of benzene rings is 1. The van der Waals surface area contributed by atoms with Gasteiger partial charge in [-0.1, -0.05) is 11.6 Å². The molecule has 2 aromatic rings. The highest BCUT2D eigenvalue weighted by molar-refractivity contribution is 7.90. The Bertz CT molecular complexity index is 1120. The number of pyridine rings is 1. The molecular formula is C19H20ClNO7S. The first-order chi connectivity index (χ1) is 13.6. The molecular weight excluding hydrogens is 422 g/mol. The summed E-state index contributed by atoms with van der Waals surface area (Å²) >= 11 is 6.33. The minimum Gasteiger partial charge on any atom is -0.490 e. The molecule has 1 aliphatic rings. The lowest BCUT2D eigenvalue weighted by atomic mass is 9.92. The number of ether oxygens (including phenoxy) is 2. The molecule has 1 aromatic heterocycles. The summed E-state index contributed by atoms with van der Waals surface area (Å²) < 4.78 is 36.0. The number of carbonyl (C=O) groups is 1. The molecule has 0 spiro atoms. The number of aromatic nitrogens is 1. The lowest BCUT2D eigenvalue weighted by Crippen LogP contribution is -2.29. The second-order valence-corrected chi connectivity index (χ2v) is 9.47. The largest absolute Gasteiger partial charge is 0.490 e. The normalized spacial score (nSPS) is 15.5. The third kappa shape index (κ3) is 4.63. The van der Waals surface area contributed by atoms with Gasteiger partial charge in [-0.15, -0.1) is 0 Å². The fourth-order valence-electron chi connectivity index (χ4n) is 3.42. The molecule has 8 nitrogen and oxygen atoms in total. The van der Waals surface area contributed by atoms with E-state index in [4.69, 9.17) is 21.1 Å². The molecule has 1 aliphatic heterocycles. The topological polar surface area (TPSA) is 112 Å². The molecule has 0 amide bonds. The van der Waals surface area contributed by atoms with E-state index in [0.29, 0.717) is 41.7 Å². The predicted molar refractivity (Wildman–Crippen MR) is 108 cm³/mol. The Morgan fingerprint density at radius 2 is 2.03 bits per heavy atom. The molecule has 1 unspecified atom stereocenters. The van der Waals surface area contributed by atoms with Crippen LogP contribution in [0.1, 0.15) is 22.0 Å². The second-order valence-electron chi connectivity index (χ2n) is 6.88. The van der Waals surface area contributed by atoms with E-state index in [1.54, 1.807) is 19.2 Å². The van der Waals surface area contributed by atoms with E-state index in [-0.39, 0.29) is 5.75 Å². The van der Waals surface area contributed by atoms with E-state index in [9.17, 15) is 23.1 Å². The Kier molecular flexibility index (Phi) is 6.02. The van der Waals surface area contributed by atoms with Crippen LogP contribution in [0.3, 0.4) is 0 Å². The third-order valence-electron chi connectivity index (χ3n) is 4.63. The molecule has 1 N–H and O–H groups in total. The zero-order valence-electron chi connectivity index (χ0n) is 15.8. The van der Waals surface area contributed by atoms with Gasteiger partial charge in [-0.3, -0.25) is 4.79 Å². The van der Waals surface area contributed by atoms with Crippen LogP contribution in [-0.4, -0.2) is 56.4 Å². The van der Waals surface area contributed by atoms with Crippen LogP contribution in [0.25, 0.3) is 11.3 Å². The first-order valence-electron chi connectivity index (χ1n) is 8.72. The number of aromatic carboxylic acids is 1. The number of methoxy groups -OCH3 is 1. The first-order valence-corrected chi connectivity index (χ1v) is 11.2. The Morgan fingerprint density at radius 1 is 1.31 bits per heavy atom. The Hall–Kier alpha value is -2.36. The highest BCUT2D eigenvalue weighted by Crippen LogP contribution is 2.40. The lowest BCUT2D eigenvalue weighted by Gasteiger charge is -2.31. The molecule has 0 saturated carbocycles. The van der Waals surface area contributed by atoms with Gasteiger partial charge in [0.2, 0.25) is 0 Å². The van der Waals surface area contributed by atoms with Crippen LogP contribution in [-0.2, 0) is 21.0 Å². The fraction of sp³-hybridized carbons (Fsp3) is 0.368. The van der Waals surface area contributed by atoms with Crippen molar-refractivity contribution in [2.45, 2.75) is 12.5 Å². The standard InChI is InChI=1S/C19H20ClNO7S/c1-27-3-4-28-18-6-11-5-12(10-29(2,25)26)21-9-14(19(23)24)17(22)8-16(21)13(11)7-15(18)20/h6-9,12H,3-5,10H2,1-2H3,(H,23,24). The minimum atomic E-state index is -3.37. The van der Waals surface area contributed by atoms with Crippen molar-refractivity contribution in [1.82, 2.24) is 4.57 Å². The smallest absolute Gasteiger partial charge is 0.341 e. The van der Waals surface area contributed by atoms with Crippen molar-refractivity contribution in [1.29, 1.82) is 0 Å². The molecule has 1 aromatic carbocycles. The number of sulfone groups is 1. The number of hydrogen-bond donors (Lipinski definition) is 1. The molecule has 0 aliphatic carbocycles. The van der Waals surface area contributed by atoms with Gasteiger partial charge in [0.25, 0.3) is 0 Å². The molecule has 2 heterocycles. The number of carboxylic acid groups (broad SMARTS) is 1. The minimum absolute atomic E-state index is 0.205. The van der Waals surface area contributed by atoms with E-state index in [1.807, 2.05) is 0 Å². The van der Waals surface area contributed by atoms with Crippen LogP contribution >= 0.6 is 11.6 Å². The lowest BCUT2D eigenvalue weighted by molar-refractivity contribution is 0.0694. The maximum Gasteiger partial charge on any atom is 0.341 e. The van der Waals surface area contributed by atoms with E-state index in [2.05, 4.69) is 0 Å². The number of fused-ring (bicyclic) bond motifs is 3. The number of rotatable bonds is 7. The van der Waals surface area contributed by atoms with Crippen LogP contribution in [0.2, 0.25) is 5.02 Å². The summed E-state index contributed by atoms with van der Waals surface area (Å²) in [7, 11) is -1.82. The second kappa shape index (κ2) is 8.17. The van der Waals surface area contributed by atoms with Crippen molar-refractivity contribution in [2.24, 2.45) is 0 Å². The van der Waals surface area contributed by atoms with Crippen LogP contribution in [0.4, 0.5) is 0 Å². The van der Waals surface area contributed by atoms with E-state index in [1.165, 1.54) is 16.8 Å². The maximum atomic E-state index is 12.3. The summed E-state index contributed by atoms with van der Waals surface area (Å²) in [6.45, 7) is 0.667. The van der Waals surface area contributed by atoms with Crippen LogP contribution in [0.15, 0.2) is 29.2 Å². The van der Waals surface area contributed by atoms with Crippen molar-refractivity contribution < 1.29 is 27.8 Å². The SMILES string of the molecule is COCCOc1cc2c(cc1Cl)-c1cc(=O)c(C(=O)O)cn1C(CS(C)(=O)=O)C2. The highest BCUT2D eigenvalue weighted by Gasteiger charge is 2.29. The molecule has 1 atom stereocenters. The summed E-state index contributed by atoms with van der Waals surface area (Å²) in [6.07, 6.45) is 2.63. The summed E-state index contributed by atoms with van der Waals surface area (Å²) in [5.41, 5.74) is 0.735. The van der Waals surface area contributed by atoms with Crippen molar-refractivity contribution in [3.8, 4) is 17.0 Å². The summed E-state index contributed by atoms with van der Waals surface area (Å²) in [5, 5.41) is 9.61. The van der Waals surface area contributed by atoms with Gasteiger partial charge in [-0.2, -0.15) is 0 Å². The fourth-order valence-corrected chi connectivity index (χ4v) is 4.61. The van der Waals surface area contributed by atoms with Gasteiger partial charge >= 0.3 is 5.97 Å². The first kappa shape index (κ1) is 21.4. The number of halogens is 1. The molecule has 10 heteroatoms. The molecule has 0 radical (unpaired) electrons. The zero-order chi connectivity index (χ0) is 21.3. The Balaban J connectivity index is 2.16. The monoisotopic (exact) mass is 441 g/mol. The Labute approximate surface area is 172 Å². The van der Waals surface area contributed by atoms with E-state index in [0.717, 1.165) is 11.8 Å². The van der Waals surface area contributed by atoms with Crippen LogP contribution in [0.5, 0.6) is 5.75 Å². The van der Waals surface area contributed by atoms with Crippen molar-refractivity contribution >= 4 is 27.4 Å². The number of nitrogens with zero attached hydrogens (tertiary/aromatic N) is 1. The van der Waals surface area contributed by atoms with Gasteiger partial charge in [0.15, 0.2) is 5.43 Å². The number of carboxylic acids is 1. The molecule has 0 bridgehead atoms. The van der Waals surface area contributed by atoms with Gasteiger partial charge in [-0.25, -0.2) is 13.2 Å². The predicted octanol–water partition coefficient (Wildman–Crippen LogP) is 2.03. The molecule has 3 rings (SSSR count). The quantitative estimate of drug-likeness (QED) is 0.654. The van der Waals surface area contributed by atoms with Gasteiger partial charge in [0.1, 0.15) is 27.8 Å². The van der Waals surface area contributed by atoms with Gasteiger partial charge < -0.3 is 19.1 Å². The molecule has 29 heavy (non-hydrogen) atoms. The third-order valence-corrected chi connectivity index (χ3v) is 5.92. The summed E-state index contributed by atoms with van der Waals surface area (Å²) in [5.74, 6) is -1.14. The molecule has 0 fully saturated rings. The number of hydrogen-bond acceptors (Lipinski definition) is 6. The van der Waals surface area contributed by atoms with Crippen molar-refractivity contribution in [3.63, 3.8) is 0 Å². The molecule has 0 saturated heterocycles. The highest BCUT2D eigenvalue weighted by atomic mass is 35.5. The Morgan fingerprint density at radius 3 is 2.66 bits per heavy atom. The molecule has 156 valence electrons. The van der Waals surface area contributed by atoms with Crippen LogP contribution < -0.4 is 10.2 Å². The van der Waals surface area contributed by atoms with E-state index < -0.39 is 32.8 Å². The van der Waals surface area contributed by atoms with Gasteiger partial charge in [0, 0.05) is 31.2 Å². The average molecular weight is 442 g/mol. The van der Waals surface area contributed by atoms with Crippen molar-refractivity contribution in [3.05, 3.63) is 50.8 Å². The van der Waals surface area contributed by atoms with E-state index >= 15 is 0 Å².